The van der Waals surface area contributed by atoms with E-state index in [9.17, 15) is 4.79 Å². The average molecular weight is 354 g/mol. The standard InChI is InChI=1S/C20H26N4O2/c1-2-3-14-26-18-9-7-17(8-10-18)23-19(25)16-6-4-13-24(15-16)20-21-11-5-12-22-20/h5,7-12,16H,2-4,6,13-15H2,1H3,(H,23,25). The average Bonchev–Trinajstić information content (AvgIpc) is 2.70. The van der Waals surface area contributed by atoms with Crippen LogP contribution in [0.25, 0.3) is 0 Å². The third-order valence-electron chi connectivity index (χ3n) is 4.52. The topological polar surface area (TPSA) is 67.3 Å². The van der Waals surface area contributed by atoms with Crippen LogP contribution in [-0.2, 0) is 4.79 Å². The number of carbonyl (C=O) groups excluding carboxylic acids is 1. The first-order valence-electron chi connectivity index (χ1n) is 9.32. The van der Waals surface area contributed by atoms with Gasteiger partial charge in [-0.15, -0.1) is 0 Å². The van der Waals surface area contributed by atoms with Crippen LogP contribution >= 0.6 is 0 Å². The molecule has 2 aromatic rings. The minimum Gasteiger partial charge on any atom is -0.494 e. The summed E-state index contributed by atoms with van der Waals surface area (Å²) in [5.74, 6) is 1.51. The van der Waals surface area contributed by atoms with E-state index in [-0.39, 0.29) is 11.8 Å². The summed E-state index contributed by atoms with van der Waals surface area (Å²) in [5, 5.41) is 3.02. The molecule has 1 aromatic carbocycles. The van der Waals surface area contributed by atoms with Crippen molar-refractivity contribution in [2.45, 2.75) is 32.6 Å². The fourth-order valence-corrected chi connectivity index (χ4v) is 3.04. The molecule has 1 amide bonds. The molecule has 6 heteroatoms. The summed E-state index contributed by atoms with van der Waals surface area (Å²) in [4.78, 5) is 23.3. The highest BCUT2D eigenvalue weighted by Crippen LogP contribution is 2.22. The summed E-state index contributed by atoms with van der Waals surface area (Å²) in [7, 11) is 0. The zero-order valence-corrected chi connectivity index (χ0v) is 15.2. The van der Waals surface area contributed by atoms with Gasteiger partial charge in [-0.25, -0.2) is 9.97 Å². The molecule has 1 aliphatic heterocycles. The van der Waals surface area contributed by atoms with Crippen LogP contribution < -0.4 is 15.0 Å². The minimum absolute atomic E-state index is 0.0466. The SMILES string of the molecule is CCCCOc1ccc(NC(=O)C2CCCN(c3ncccn3)C2)cc1. The van der Waals surface area contributed by atoms with Crippen molar-refractivity contribution in [3.05, 3.63) is 42.7 Å². The Bertz CT molecular complexity index is 691. The van der Waals surface area contributed by atoms with Gasteiger partial charge in [0.25, 0.3) is 0 Å². The van der Waals surface area contributed by atoms with Gasteiger partial charge < -0.3 is 15.0 Å². The van der Waals surface area contributed by atoms with Crippen molar-refractivity contribution in [3.63, 3.8) is 0 Å². The van der Waals surface area contributed by atoms with Gasteiger partial charge in [0.05, 0.1) is 12.5 Å². The lowest BCUT2D eigenvalue weighted by Crippen LogP contribution is -2.41. The number of hydrogen-bond acceptors (Lipinski definition) is 5. The van der Waals surface area contributed by atoms with Gasteiger partial charge in [0.2, 0.25) is 11.9 Å². The van der Waals surface area contributed by atoms with Gasteiger partial charge in [0.15, 0.2) is 0 Å². The van der Waals surface area contributed by atoms with Gasteiger partial charge >= 0.3 is 0 Å². The van der Waals surface area contributed by atoms with Gasteiger partial charge in [-0.3, -0.25) is 4.79 Å². The van der Waals surface area contributed by atoms with Crippen LogP contribution in [0.1, 0.15) is 32.6 Å². The summed E-state index contributed by atoms with van der Waals surface area (Å²) in [6.45, 7) is 4.39. The molecule has 1 aliphatic rings. The lowest BCUT2D eigenvalue weighted by molar-refractivity contribution is -0.120. The van der Waals surface area contributed by atoms with E-state index >= 15 is 0 Å². The molecule has 3 rings (SSSR count). The number of anilines is 2. The summed E-state index contributed by atoms with van der Waals surface area (Å²) in [6.07, 6.45) is 7.46. The molecule has 1 unspecified atom stereocenters. The van der Waals surface area contributed by atoms with Gasteiger partial charge in [0.1, 0.15) is 5.75 Å². The molecule has 1 saturated heterocycles. The van der Waals surface area contributed by atoms with E-state index in [2.05, 4.69) is 27.1 Å². The first-order valence-corrected chi connectivity index (χ1v) is 9.32. The highest BCUT2D eigenvalue weighted by Gasteiger charge is 2.27. The Balaban J connectivity index is 1.54. The number of nitrogens with one attached hydrogen (secondary N) is 1. The maximum atomic E-state index is 12.6. The third kappa shape index (κ3) is 4.94. The Morgan fingerprint density at radius 3 is 2.77 bits per heavy atom. The highest BCUT2D eigenvalue weighted by molar-refractivity contribution is 5.93. The van der Waals surface area contributed by atoms with E-state index in [0.29, 0.717) is 12.5 Å². The summed E-state index contributed by atoms with van der Waals surface area (Å²) in [6, 6.07) is 9.37. The fraction of sp³-hybridized carbons (Fsp3) is 0.450. The fourth-order valence-electron chi connectivity index (χ4n) is 3.04. The number of benzene rings is 1. The van der Waals surface area contributed by atoms with Crippen LogP contribution in [0, 0.1) is 5.92 Å². The van der Waals surface area contributed by atoms with E-state index in [1.54, 1.807) is 18.5 Å². The first kappa shape index (κ1) is 18.2. The number of amides is 1. The van der Waals surface area contributed by atoms with Crippen molar-refractivity contribution in [2.75, 3.05) is 29.9 Å². The molecule has 2 heterocycles. The van der Waals surface area contributed by atoms with Crippen molar-refractivity contribution in [3.8, 4) is 5.75 Å². The molecule has 0 bridgehead atoms. The van der Waals surface area contributed by atoms with E-state index in [4.69, 9.17) is 4.74 Å². The van der Waals surface area contributed by atoms with Crippen molar-refractivity contribution in [2.24, 2.45) is 5.92 Å². The van der Waals surface area contributed by atoms with Crippen LogP contribution in [0.5, 0.6) is 5.75 Å². The van der Waals surface area contributed by atoms with E-state index in [1.807, 2.05) is 24.3 Å². The van der Waals surface area contributed by atoms with Crippen LogP contribution in [0.2, 0.25) is 0 Å². The van der Waals surface area contributed by atoms with Gasteiger partial charge in [-0.2, -0.15) is 0 Å². The van der Waals surface area contributed by atoms with E-state index in [0.717, 1.165) is 50.3 Å². The monoisotopic (exact) mass is 354 g/mol. The zero-order valence-electron chi connectivity index (χ0n) is 15.2. The number of aromatic nitrogens is 2. The number of unbranched alkanes of at least 4 members (excludes halogenated alkanes) is 1. The molecule has 6 nitrogen and oxygen atoms in total. The van der Waals surface area contributed by atoms with Crippen LogP contribution in [-0.4, -0.2) is 35.6 Å². The molecule has 1 aromatic heterocycles. The second kappa shape index (κ2) is 9.17. The number of piperidine rings is 1. The molecule has 0 radical (unpaired) electrons. The second-order valence-corrected chi connectivity index (χ2v) is 6.55. The third-order valence-corrected chi connectivity index (χ3v) is 4.52. The maximum Gasteiger partial charge on any atom is 0.229 e. The lowest BCUT2D eigenvalue weighted by atomic mass is 9.97. The summed E-state index contributed by atoms with van der Waals surface area (Å²) < 4.78 is 5.65. The molecule has 1 fully saturated rings. The summed E-state index contributed by atoms with van der Waals surface area (Å²) >= 11 is 0. The highest BCUT2D eigenvalue weighted by atomic mass is 16.5. The minimum atomic E-state index is -0.0620. The largest absolute Gasteiger partial charge is 0.494 e. The lowest BCUT2D eigenvalue weighted by Gasteiger charge is -2.31. The molecule has 1 N–H and O–H groups in total. The zero-order chi connectivity index (χ0) is 18.2. The summed E-state index contributed by atoms with van der Waals surface area (Å²) in [5.41, 5.74) is 0.797. The number of nitrogens with zero attached hydrogens (tertiary/aromatic N) is 3. The molecule has 0 spiro atoms. The van der Waals surface area contributed by atoms with Crippen molar-refractivity contribution < 1.29 is 9.53 Å². The number of hydrogen-bond donors (Lipinski definition) is 1. The normalized spacial score (nSPS) is 17.0. The molecule has 26 heavy (non-hydrogen) atoms. The molecule has 1 atom stereocenters. The van der Waals surface area contributed by atoms with Crippen LogP contribution in [0.3, 0.4) is 0 Å². The number of rotatable bonds is 7. The van der Waals surface area contributed by atoms with E-state index in [1.165, 1.54) is 0 Å². The Hall–Kier alpha value is -2.63. The second-order valence-electron chi connectivity index (χ2n) is 6.55. The van der Waals surface area contributed by atoms with Gasteiger partial charge in [0, 0.05) is 31.2 Å². The Labute approximate surface area is 154 Å². The number of ether oxygens (including phenoxy) is 1. The molecule has 138 valence electrons. The van der Waals surface area contributed by atoms with Crippen LogP contribution in [0.15, 0.2) is 42.7 Å². The van der Waals surface area contributed by atoms with Crippen molar-refractivity contribution in [1.29, 1.82) is 0 Å². The van der Waals surface area contributed by atoms with Gasteiger partial charge in [-0.05, 0) is 49.6 Å². The van der Waals surface area contributed by atoms with Crippen molar-refractivity contribution in [1.82, 2.24) is 9.97 Å². The number of carbonyl (C=O) groups is 1. The Kier molecular flexibility index (Phi) is 6.41. The predicted molar refractivity (Wildman–Crippen MR) is 102 cm³/mol. The Morgan fingerprint density at radius 2 is 2.04 bits per heavy atom. The maximum absolute atomic E-state index is 12.6. The Morgan fingerprint density at radius 1 is 1.27 bits per heavy atom. The van der Waals surface area contributed by atoms with Crippen LogP contribution in [0.4, 0.5) is 11.6 Å². The molecular weight excluding hydrogens is 328 g/mol. The van der Waals surface area contributed by atoms with Crippen molar-refractivity contribution >= 4 is 17.5 Å². The quantitative estimate of drug-likeness (QED) is 0.771. The molecule has 0 aliphatic carbocycles. The molecule has 0 saturated carbocycles. The predicted octanol–water partition coefficient (Wildman–Crippen LogP) is 3.51. The smallest absolute Gasteiger partial charge is 0.229 e. The van der Waals surface area contributed by atoms with E-state index < -0.39 is 0 Å². The molecular formula is C20H26N4O2. The first-order chi connectivity index (χ1) is 12.8. The van der Waals surface area contributed by atoms with Gasteiger partial charge in [-0.1, -0.05) is 13.3 Å².